The van der Waals surface area contributed by atoms with Gasteiger partial charge in [-0.3, -0.25) is 9.48 Å². The van der Waals surface area contributed by atoms with E-state index >= 15 is 0 Å². The number of nitrogens with one attached hydrogen (secondary N) is 1. The molecule has 4 aromatic rings. The molecule has 0 unspecified atom stereocenters. The Bertz CT molecular complexity index is 1200. The molecule has 30 heavy (non-hydrogen) atoms. The molecule has 0 spiro atoms. The van der Waals surface area contributed by atoms with Gasteiger partial charge < -0.3 is 10.1 Å². The number of ether oxygens (including phenoxy) is 1. The summed E-state index contributed by atoms with van der Waals surface area (Å²) < 4.78 is 7.21. The fourth-order valence-corrected chi connectivity index (χ4v) is 3.52. The molecule has 152 valence electrons. The summed E-state index contributed by atoms with van der Waals surface area (Å²) in [5.41, 5.74) is 5.34. The van der Waals surface area contributed by atoms with Crippen LogP contribution in [0.4, 0.5) is 0 Å². The number of methoxy groups -OCH3 is 1. The minimum Gasteiger partial charge on any atom is -0.497 e. The molecular formula is C24H24N4O2. The summed E-state index contributed by atoms with van der Waals surface area (Å²) in [5, 5.41) is 8.56. The summed E-state index contributed by atoms with van der Waals surface area (Å²) in [4.78, 5) is 17.2. The molecule has 2 heterocycles. The molecule has 6 nitrogen and oxygen atoms in total. The zero-order chi connectivity index (χ0) is 21.1. The second-order valence-electron chi connectivity index (χ2n) is 7.23. The molecule has 0 aliphatic heterocycles. The van der Waals surface area contributed by atoms with Gasteiger partial charge in [-0.15, -0.1) is 0 Å². The van der Waals surface area contributed by atoms with Crippen LogP contribution in [-0.4, -0.2) is 27.8 Å². The normalized spacial score (nSPS) is 10.9. The van der Waals surface area contributed by atoms with E-state index in [0.717, 1.165) is 33.6 Å². The Kier molecular flexibility index (Phi) is 5.48. The number of benzene rings is 2. The zero-order valence-electron chi connectivity index (χ0n) is 17.3. The Hall–Kier alpha value is -3.67. The lowest BCUT2D eigenvalue weighted by Crippen LogP contribution is -2.24. The number of aromatic nitrogens is 3. The first-order chi connectivity index (χ1) is 14.5. The Balaban J connectivity index is 1.48. The Labute approximate surface area is 175 Å². The van der Waals surface area contributed by atoms with E-state index in [1.807, 2.05) is 61.0 Å². The monoisotopic (exact) mass is 400 g/mol. The minimum absolute atomic E-state index is 0.206. The van der Waals surface area contributed by atoms with E-state index < -0.39 is 0 Å². The topological polar surface area (TPSA) is 69.0 Å². The second-order valence-corrected chi connectivity index (χ2v) is 7.23. The molecule has 2 aromatic heterocycles. The van der Waals surface area contributed by atoms with Crippen molar-refractivity contribution < 1.29 is 9.53 Å². The molecule has 0 atom stereocenters. The third kappa shape index (κ3) is 4.03. The quantitative estimate of drug-likeness (QED) is 0.530. The van der Waals surface area contributed by atoms with Gasteiger partial charge in [0.2, 0.25) is 0 Å². The molecule has 0 bridgehead atoms. The lowest BCUT2D eigenvalue weighted by Gasteiger charge is -2.08. The van der Waals surface area contributed by atoms with E-state index in [1.54, 1.807) is 13.2 Å². The first-order valence-corrected chi connectivity index (χ1v) is 9.85. The van der Waals surface area contributed by atoms with Gasteiger partial charge in [0.15, 0.2) is 0 Å². The molecular weight excluding hydrogens is 376 g/mol. The fraction of sp³-hybridized carbons (Fsp3) is 0.208. The summed E-state index contributed by atoms with van der Waals surface area (Å²) in [6, 6.07) is 19.4. The van der Waals surface area contributed by atoms with Gasteiger partial charge in [0.1, 0.15) is 11.4 Å². The molecule has 0 aliphatic carbocycles. The number of pyridine rings is 1. The van der Waals surface area contributed by atoms with E-state index in [1.165, 1.54) is 5.56 Å². The fourth-order valence-electron chi connectivity index (χ4n) is 3.52. The van der Waals surface area contributed by atoms with Crippen LogP contribution in [0.2, 0.25) is 0 Å². The number of amides is 1. The van der Waals surface area contributed by atoms with Crippen molar-refractivity contribution in [3.63, 3.8) is 0 Å². The van der Waals surface area contributed by atoms with Gasteiger partial charge in [0.25, 0.3) is 5.91 Å². The highest BCUT2D eigenvalue weighted by atomic mass is 16.5. The number of carbonyl (C=O) groups is 1. The smallest absolute Gasteiger partial charge is 0.270 e. The molecule has 0 radical (unpaired) electrons. The summed E-state index contributed by atoms with van der Waals surface area (Å²) >= 11 is 0. The van der Waals surface area contributed by atoms with Crippen LogP contribution >= 0.6 is 0 Å². The third-order valence-corrected chi connectivity index (χ3v) is 5.26. The van der Waals surface area contributed by atoms with Gasteiger partial charge in [0.05, 0.1) is 24.9 Å². The molecule has 1 amide bonds. The van der Waals surface area contributed by atoms with E-state index in [0.29, 0.717) is 18.8 Å². The molecule has 1 N–H and O–H groups in total. The van der Waals surface area contributed by atoms with Gasteiger partial charge in [-0.05, 0) is 43.7 Å². The van der Waals surface area contributed by atoms with E-state index in [-0.39, 0.29) is 5.91 Å². The second kappa shape index (κ2) is 8.37. The van der Waals surface area contributed by atoms with Crippen molar-refractivity contribution in [1.29, 1.82) is 0 Å². The van der Waals surface area contributed by atoms with Crippen molar-refractivity contribution in [2.75, 3.05) is 7.11 Å². The van der Waals surface area contributed by atoms with Crippen molar-refractivity contribution >= 4 is 16.8 Å². The van der Waals surface area contributed by atoms with E-state index in [2.05, 4.69) is 27.5 Å². The Morgan fingerprint density at radius 2 is 1.87 bits per heavy atom. The van der Waals surface area contributed by atoms with Crippen LogP contribution in [0, 0.1) is 13.8 Å². The summed E-state index contributed by atoms with van der Waals surface area (Å²) in [6.45, 7) is 5.12. The predicted molar refractivity (Wildman–Crippen MR) is 117 cm³/mol. The van der Waals surface area contributed by atoms with Crippen molar-refractivity contribution in [3.05, 3.63) is 88.9 Å². The molecule has 6 heteroatoms. The number of rotatable bonds is 6. The lowest BCUT2D eigenvalue weighted by molar-refractivity contribution is 0.0946. The first kappa shape index (κ1) is 19.6. The van der Waals surface area contributed by atoms with Crippen molar-refractivity contribution in [3.8, 4) is 5.75 Å². The number of carbonyl (C=O) groups excluding carboxylic acids is 1. The van der Waals surface area contributed by atoms with Crippen LogP contribution in [0.5, 0.6) is 5.75 Å². The first-order valence-electron chi connectivity index (χ1n) is 9.85. The van der Waals surface area contributed by atoms with Crippen LogP contribution in [0.3, 0.4) is 0 Å². The predicted octanol–water partition coefficient (Wildman–Crippen LogP) is 4.04. The van der Waals surface area contributed by atoms with E-state index in [4.69, 9.17) is 4.74 Å². The number of aryl methyl sites for hydroxylation is 1. The lowest BCUT2D eigenvalue weighted by atomic mass is 10.1. The highest BCUT2D eigenvalue weighted by Crippen LogP contribution is 2.20. The summed E-state index contributed by atoms with van der Waals surface area (Å²) in [6.07, 6.45) is 0. The largest absolute Gasteiger partial charge is 0.497 e. The number of nitrogens with zero attached hydrogens (tertiary/aromatic N) is 3. The number of hydrogen-bond acceptors (Lipinski definition) is 4. The van der Waals surface area contributed by atoms with Crippen molar-refractivity contribution in [2.45, 2.75) is 26.9 Å². The Morgan fingerprint density at radius 3 is 2.63 bits per heavy atom. The number of hydrogen-bond donors (Lipinski definition) is 1. The maximum Gasteiger partial charge on any atom is 0.270 e. The standard InChI is InChI=1S/C24H24N4O2/c1-16-21(17(2)28(27-16)15-18-7-5-4-6-8-18)14-25-24(29)23-11-9-19-13-20(30-3)10-12-22(19)26-23/h4-13H,14-15H2,1-3H3,(H,25,29). The van der Waals surface area contributed by atoms with Gasteiger partial charge in [-0.25, -0.2) is 4.98 Å². The van der Waals surface area contributed by atoms with Crippen LogP contribution in [0.15, 0.2) is 60.7 Å². The zero-order valence-corrected chi connectivity index (χ0v) is 17.3. The van der Waals surface area contributed by atoms with Gasteiger partial charge in [0, 0.05) is 23.2 Å². The molecule has 0 fully saturated rings. The maximum absolute atomic E-state index is 12.7. The van der Waals surface area contributed by atoms with Crippen molar-refractivity contribution in [1.82, 2.24) is 20.1 Å². The SMILES string of the molecule is COc1ccc2nc(C(=O)NCc3c(C)nn(Cc4ccccc4)c3C)ccc2c1. The third-order valence-electron chi connectivity index (χ3n) is 5.26. The highest BCUT2D eigenvalue weighted by Gasteiger charge is 2.14. The van der Waals surface area contributed by atoms with Crippen LogP contribution in [0.25, 0.3) is 10.9 Å². The van der Waals surface area contributed by atoms with Crippen LogP contribution < -0.4 is 10.1 Å². The summed E-state index contributed by atoms with van der Waals surface area (Å²) in [7, 11) is 1.63. The van der Waals surface area contributed by atoms with Crippen LogP contribution in [-0.2, 0) is 13.1 Å². The molecule has 0 saturated carbocycles. The van der Waals surface area contributed by atoms with E-state index in [9.17, 15) is 4.79 Å². The molecule has 2 aromatic carbocycles. The average Bonchev–Trinajstić information content (AvgIpc) is 3.04. The summed E-state index contributed by atoms with van der Waals surface area (Å²) in [5.74, 6) is 0.558. The van der Waals surface area contributed by atoms with Gasteiger partial charge in [-0.2, -0.15) is 5.10 Å². The molecule has 0 aliphatic rings. The minimum atomic E-state index is -0.206. The van der Waals surface area contributed by atoms with Gasteiger partial charge in [-0.1, -0.05) is 36.4 Å². The number of fused-ring (bicyclic) bond motifs is 1. The van der Waals surface area contributed by atoms with Crippen molar-refractivity contribution in [2.24, 2.45) is 0 Å². The molecule has 0 saturated heterocycles. The van der Waals surface area contributed by atoms with Crippen LogP contribution in [0.1, 0.15) is 33.0 Å². The molecule has 4 rings (SSSR count). The Morgan fingerprint density at radius 1 is 1.07 bits per heavy atom. The van der Waals surface area contributed by atoms with Gasteiger partial charge >= 0.3 is 0 Å². The highest BCUT2D eigenvalue weighted by molar-refractivity contribution is 5.95. The maximum atomic E-state index is 12.7. The average molecular weight is 400 g/mol.